The number of rotatable bonds is 4. The van der Waals surface area contributed by atoms with Crippen LogP contribution < -0.4 is 20.7 Å². The van der Waals surface area contributed by atoms with Gasteiger partial charge in [-0.05, 0) is 36.4 Å². The van der Waals surface area contributed by atoms with E-state index in [1.807, 2.05) is 47.2 Å². The number of nitrogens with zero attached hydrogens (tertiary/aromatic N) is 5. The molecule has 2 aromatic carbocycles. The molecule has 0 aliphatic carbocycles. The third-order valence-electron chi connectivity index (χ3n) is 5.71. The highest BCUT2D eigenvalue weighted by Crippen LogP contribution is 2.35. The molecule has 5 aromatic rings. The molecule has 0 saturated heterocycles. The Morgan fingerprint density at radius 2 is 1.70 bits per heavy atom. The summed E-state index contributed by atoms with van der Waals surface area (Å²) < 4.78 is 16.9. The molecule has 33 heavy (non-hydrogen) atoms. The average Bonchev–Trinajstić information content (AvgIpc) is 3.37. The Morgan fingerprint density at radius 1 is 0.939 bits per heavy atom. The van der Waals surface area contributed by atoms with Crippen molar-refractivity contribution in [3.8, 4) is 28.4 Å². The second kappa shape index (κ2) is 7.56. The molecule has 9 nitrogen and oxygen atoms in total. The summed E-state index contributed by atoms with van der Waals surface area (Å²) in [6.07, 6.45) is 1.82. The van der Waals surface area contributed by atoms with Crippen LogP contribution in [-0.2, 0) is 14.1 Å². The molecule has 0 N–H and O–H groups in total. The summed E-state index contributed by atoms with van der Waals surface area (Å²) in [5.74, 6) is 1.63. The number of aromatic nitrogens is 5. The van der Waals surface area contributed by atoms with Crippen molar-refractivity contribution in [2.75, 3.05) is 14.2 Å². The zero-order valence-electron chi connectivity index (χ0n) is 18.4. The van der Waals surface area contributed by atoms with Crippen LogP contribution in [0.3, 0.4) is 0 Å². The van der Waals surface area contributed by atoms with Crippen molar-refractivity contribution >= 4 is 28.5 Å². The molecule has 10 heteroatoms. The van der Waals surface area contributed by atoms with Gasteiger partial charge in [-0.15, -0.1) is 0 Å². The van der Waals surface area contributed by atoms with Gasteiger partial charge in [0.05, 0.1) is 25.6 Å². The molecule has 0 aliphatic rings. The molecule has 0 aliphatic heterocycles. The number of ether oxygens (including phenoxy) is 2. The van der Waals surface area contributed by atoms with E-state index < -0.39 is 11.2 Å². The molecule has 168 valence electrons. The Labute approximate surface area is 192 Å². The lowest BCUT2D eigenvalue weighted by molar-refractivity contribution is 0.355. The quantitative estimate of drug-likeness (QED) is 0.407. The smallest absolute Gasteiger partial charge is 0.332 e. The van der Waals surface area contributed by atoms with Crippen molar-refractivity contribution in [1.29, 1.82) is 0 Å². The Hall–Kier alpha value is -3.98. The van der Waals surface area contributed by atoms with Gasteiger partial charge in [0.25, 0.3) is 5.56 Å². The van der Waals surface area contributed by atoms with Crippen molar-refractivity contribution in [1.82, 2.24) is 23.1 Å². The molecule has 0 atom stereocenters. The Kier molecular flexibility index (Phi) is 4.79. The van der Waals surface area contributed by atoms with Crippen molar-refractivity contribution in [2.24, 2.45) is 14.1 Å². The molecule has 3 heterocycles. The second-order valence-corrected chi connectivity index (χ2v) is 8.00. The summed E-state index contributed by atoms with van der Waals surface area (Å²) in [4.78, 5) is 30.2. The second-order valence-electron chi connectivity index (χ2n) is 7.56. The number of aryl methyl sites for hydroxylation is 1. The molecule has 0 amide bonds. The summed E-state index contributed by atoms with van der Waals surface area (Å²) in [5, 5.41) is 0.553. The van der Waals surface area contributed by atoms with E-state index in [9.17, 15) is 9.59 Å². The van der Waals surface area contributed by atoms with E-state index in [1.54, 1.807) is 31.7 Å². The van der Waals surface area contributed by atoms with Crippen LogP contribution in [-0.4, -0.2) is 37.3 Å². The van der Waals surface area contributed by atoms with E-state index in [0.717, 1.165) is 21.5 Å². The monoisotopic (exact) mass is 465 g/mol. The molecule has 0 radical (unpaired) electrons. The maximum Gasteiger partial charge on any atom is 0.332 e. The normalized spacial score (nSPS) is 11.4. The third-order valence-corrected chi connectivity index (χ3v) is 5.95. The minimum atomic E-state index is -0.442. The van der Waals surface area contributed by atoms with Gasteiger partial charge in [0.1, 0.15) is 0 Å². The molecule has 0 saturated carbocycles. The van der Waals surface area contributed by atoms with Gasteiger partial charge < -0.3 is 9.47 Å². The Balaban J connectivity index is 1.93. The number of imidazole rings is 2. The minimum Gasteiger partial charge on any atom is -0.493 e. The van der Waals surface area contributed by atoms with Gasteiger partial charge in [-0.1, -0.05) is 17.7 Å². The van der Waals surface area contributed by atoms with Gasteiger partial charge in [0.15, 0.2) is 22.7 Å². The third kappa shape index (κ3) is 3.04. The van der Waals surface area contributed by atoms with Crippen molar-refractivity contribution in [3.05, 3.63) is 74.5 Å². The summed E-state index contributed by atoms with van der Waals surface area (Å²) in [7, 11) is 6.19. The van der Waals surface area contributed by atoms with Crippen molar-refractivity contribution < 1.29 is 9.47 Å². The topological polar surface area (TPSA) is 84.7 Å². The van der Waals surface area contributed by atoms with E-state index in [1.165, 1.54) is 11.6 Å². The average molecular weight is 466 g/mol. The van der Waals surface area contributed by atoms with E-state index in [4.69, 9.17) is 21.1 Å². The zero-order chi connectivity index (χ0) is 23.4. The van der Waals surface area contributed by atoms with Crippen LogP contribution in [0.5, 0.6) is 11.5 Å². The van der Waals surface area contributed by atoms with Crippen LogP contribution in [0.4, 0.5) is 0 Å². The highest BCUT2D eigenvalue weighted by atomic mass is 35.5. The predicted molar refractivity (Wildman–Crippen MR) is 126 cm³/mol. The molecular formula is C23H20ClN5O4. The maximum atomic E-state index is 13.0. The van der Waals surface area contributed by atoms with Gasteiger partial charge in [-0.25, -0.2) is 4.79 Å². The van der Waals surface area contributed by atoms with Crippen LogP contribution in [0, 0.1) is 0 Å². The van der Waals surface area contributed by atoms with E-state index >= 15 is 0 Å². The predicted octanol–water partition coefficient (Wildman–Crippen LogP) is 3.01. The Morgan fingerprint density at radius 3 is 2.39 bits per heavy atom. The van der Waals surface area contributed by atoms with Crippen LogP contribution in [0.1, 0.15) is 0 Å². The molecule has 5 rings (SSSR count). The standard InChI is InChI=1S/C23H20ClN5O4/c1-26-20-19(21(30)27(2)23(26)31)28-12-16(13-8-9-17(32-3)18(10-13)33-4)29(22(28)25-20)15-7-5-6-14(24)11-15/h5-12H,1-4H3. The number of hydrogen-bond donors (Lipinski definition) is 0. The van der Waals surface area contributed by atoms with Crippen molar-refractivity contribution in [2.45, 2.75) is 0 Å². The molecule has 0 bridgehead atoms. The first-order valence-corrected chi connectivity index (χ1v) is 10.4. The van der Waals surface area contributed by atoms with Crippen LogP contribution >= 0.6 is 11.6 Å². The minimum absolute atomic E-state index is 0.299. The van der Waals surface area contributed by atoms with E-state index in [0.29, 0.717) is 33.5 Å². The van der Waals surface area contributed by atoms with Crippen LogP contribution in [0.25, 0.3) is 33.9 Å². The number of methoxy groups -OCH3 is 2. The lowest BCUT2D eigenvalue weighted by atomic mass is 10.1. The highest BCUT2D eigenvalue weighted by molar-refractivity contribution is 6.30. The Bertz CT molecular complexity index is 1670. The summed E-state index contributed by atoms with van der Waals surface area (Å²) >= 11 is 6.29. The lowest BCUT2D eigenvalue weighted by Gasteiger charge is -2.12. The fourth-order valence-electron chi connectivity index (χ4n) is 4.04. The van der Waals surface area contributed by atoms with E-state index in [2.05, 4.69) is 4.98 Å². The van der Waals surface area contributed by atoms with E-state index in [-0.39, 0.29) is 0 Å². The molecule has 0 unspecified atom stereocenters. The fraction of sp³-hybridized carbons (Fsp3) is 0.174. The zero-order valence-corrected chi connectivity index (χ0v) is 19.1. The van der Waals surface area contributed by atoms with Crippen molar-refractivity contribution in [3.63, 3.8) is 0 Å². The number of hydrogen-bond acceptors (Lipinski definition) is 5. The van der Waals surface area contributed by atoms with Crippen LogP contribution in [0.2, 0.25) is 5.02 Å². The summed E-state index contributed by atoms with van der Waals surface area (Å²) in [6, 6.07) is 12.9. The van der Waals surface area contributed by atoms with Gasteiger partial charge in [-0.3, -0.25) is 22.9 Å². The lowest BCUT2D eigenvalue weighted by Crippen LogP contribution is -2.37. The highest BCUT2D eigenvalue weighted by Gasteiger charge is 2.22. The van der Waals surface area contributed by atoms with Crippen LogP contribution in [0.15, 0.2) is 58.3 Å². The molecule has 0 fully saturated rings. The largest absolute Gasteiger partial charge is 0.493 e. The summed E-state index contributed by atoms with van der Waals surface area (Å²) in [6.45, 7) is 0. The molecule has 3 aromatic heterocycles. The first-order valence-electron chi connectivity index (χ1n) is 10.0. The van der Waals surface area contributed by atoms with Gasteiger partial charge in [0.2, 0.25) is 5.78 Å². The first-order chi connectivity index (χ1) is 15.8. The van der Waals surface area contributed by atoms with Gasteiger partial charge in [-0.2, -0.15) is 4.98 Å². The number of halogens is 1. The fourth-order valence-corrected chi connectivity index (χ4v) is 4.22. The summed E-state index contributed by atoms with van der Waals surface area (Å²) in [5.41, 5.74) is 2.04. The molecule has 0 spiro atoms. The number of fused-ring (bicyclic) bond motifs is 3. The maximum absolute atomic E-state index is 13.0. The first kappa shape index (κ1) is 20.9. The van der Waals surface area contributed by atoms with Gasteiger partial charge in [0, 0.05) is 30.9 Å². The number of benzene rings is 2. The SMILES string of the molecule is COc1ccc(-c2cn3c4c(=O)n(C)c(=O)n(C)c4nc3n2-c2cccc(Cl)c2)cc1OC. The molecular weight excluding hydrogens is 446 g/mol. The van der Waals surface area contributed by atoms with Gasteiger partial charge >= 0.3 is 5.69 Å².